The highest BCUT2D eigenvalue weighted by atomic mass is 35.5. The van der Waals surface area contributed by atoms with E-state index >= 15 is 0 Å². The Morgan fingerprint density at radius 1 is 1.07 bits per heavy atom. The lowest BCUT2D eigenvalue weighted by molar-refractivity contribution is 0.425. The minimum atomic E-state index is -0.308. The average Bonchev–Trinajstić information content (AvgIpc) is 3.41. The van der Waals surface area contributed by atoms with E-state index in [1.807, 2.05) is 18.2 Å². The van der Waals surface area contributed by atoms with Gasteiger partial charge in [0.25, 0.3) is 5.89 Å². The lowest BCUT2D eigenvalue weighted by atomic mass is 10.2. The molecule has 0 saturated carbocycles. The predicted octanol–water partition coefficient (Wildman–Crippen LogP) is 4.95. The highest BCUT2D eigenvalue weighted by Crippen LogP contribution is 2.30. The molecule has 0 radical (unpaired) electrons. The molecule has 3 aromatic heterocycles. The highest BCUT2D eigenvalue weighted by molar-refractivity contribution is 7.98. The number of aromatic nitrogens is 6. The van der Waals surface area contributed by atoms with Crippen LogP contribution in [-0.4, -0.2) is 29.9 Å². The van der Waals surface area contributed by atoms with Crippen molar-refractivity contribution in [1.82, 2.24) is 29.9 Å². The van der Waals surface area contributed by atoms with Crippen LogP contribution in [0.5, 0.6) is 0 Å². The lowest BCUT2D eigenvalue weighted by Gasteiger charge is -2.03. The minimum absolute atomic E-state index is 0.308. The molecule has 0 N–H and O–H groups in total. The average molecular weight is 439 g/mol. The van der Waals surface area contributed by atoms with Crippen LogP contribution in [-0.2, 0) is 5.75 Å². The number of halogens is 2. The van der Waals surface area contributed by atoms with Crippen molar-refractivity contribution < 1.29 is 8.91 Å². The largest absolute Gasteiger partial charge is 0.334 e. The van der Waals surface area contributed by atoms with E-state index in [4.69, 9.17) is 16.1 Å². The van der Waals surface area contributed by atoms with Crippen LogP contribution in [0, 0.1) is 5.82 Å². The van der Waals surface area contributed by atoms with Crippen molar-refractivity contribution in [2.45, 2.75) is 10.8 Å². The van der Waals surface area contributed by atoms with Gasteiger partial charge in [-0.05, 0) is 36.4 Å². The Kier molecular flexibility index (Phi) is 4.89. The molecule has 0 atom stereocenters. The number of rotatable bonds is 5. The van der Waals surface area contributed by atoms with E-state index in [0.29, 0.717) is 39.4 Å². The van der Waals surface area contributed by atoms with Gasteiger partial charge in [0.05, 0.1) is 33.6 Å². The lowest BCUT2D eigenvalue weighted by Crippen LogP contribution is -1.98. The Balaban J connectivity index is 1.39. The van der Waals surface area contributed by atoms with Crippen molar-refractivity contribution in [3.8, 4) is 17.1 Å². The third kappa shape index (κ3) is 3.53. The molecule has 0 unspecified atom stereocenters. The van der Waals surface area contributed by atoms with Gasteiger partial charge in [-0.25, -0.2) is 19.0 Å². The number of benzene rings is 2. The normalized spacial score (nSPS) is 11.3. The van der Waals surface area contributed by atoms with Gasteiger partial charge in [0.1, 0.15) is 17.2 Å². The molecule has 0 spiro atoms. The molecule has 0 saturated heterocycles. The maximum absolute atomic E-state index is 13.2. The van der Waals surface area contributed by atoms with E-state index in [9.17, 15) is 4.39 Å². The summed E-state index contributed by atoms with van der Waals surface area (Å²) in [6, 6.07) is 13.3. The molecule has 0 fully saturated rings. The molecule has 0 bridgehead atoms. The highest BCUT2D eigenvalue weighted by Gasteiger charge is 2.15. The van der Waals surface area contributed by atoms with Crippen LogP contribution in [0.3, 0.4) is 0 Å². The van der Waals surface area contributed by atoms with E-state index in [1.165, 1.54) is 30.2 Å². The fraction of sp³-hybridized carbons (Fsp3) is 0.0500. The molecule has 10 heteroatoms. The number of fused-ring (bicyclic) bond motifs is 1. The molecule has 30 heavy (non-hydrogen) atoms. The van der Waals surface area contributed by atoms with Crippen LogP contribution in [0.4, 0.5) is 4.39 Å². The fourth-order valence-corrected chi connectivity index (χ4v) is 3.92. The van der Waals surface area contributed by atoms with Crippen LogP contribution in [0.1, 0.15) is 5.82 Å². The van der Waals surface area contributed by atoms with Crippen LogP contribution in [0.15, 0.2) is 70.6 Å². The first-order chi connectivity index (χ1) is 14.7. The van der Waals surface area contributed by atoms with Crippen molar-refractivity contribution in [2.24, 2.45) is 0 Å². The molecule has 5 rings (SSSR count). The maximum Gasteiger partial charge on any atom is 0.259 e. The van der Waals surface area contributed by atoms with Crippen LogP contribution in [0.25, 0.3) is 28.2 Å². The van der Waals surface area contributed by atoms with Gasteiger partial charge in [-0.2, -0.15) is 10.1 Å². The summed E-state index contributed by atoms with van der Waals surface area (Å²) in [5.41, 5.74) is 2.03. The molecule has 0 amide bonds. The molecule has 148 valence electrons. The summed E-state index contributed by atoms with van der Waals surface area (Å²) in [5, 5.41) is 10.5. The van der Waals surface area contributed by atoms with Gasteiger partial charge in [-0.1, -0.05) is 40.7 Å². The fourth-order valence-electron chi connectivity index (χ4n) is 2.90. The summed E-state index contributed by atoms with van der Waals surface area (Å²) in [6.07, 6.45) is 3.16. The Bertz CT molecular complexity index is 1340. The first kappa shape index (κ1) is 18.7. The molecule has 3 heterocycles. The summed E-state index contributed by atoms with van der Waals surface area (Å²) in [5.74, 6) is 1.03. The van der Waals surface area contributed by atoms with Gasteiger partial charge < -0.3 is 4.52 Å². The molecule has 0 aliphatic rings. The van der Waals surface area contributed by atoms with E-state index in [2.05, 4.69) is 25.2 Å². The number of hydrogen-bond donors (Lipinski definition) is 0. The summed E-state index contributed by atoms with van der Waals surface area (Å²) >= 11 is 7.63. The van der Waals surface area contributed by atoms with Crippen molar-refractivity contribution in [1.29, 1.82) is 0 Å². The molecule has 7 nitrogen and oxygen atoms in total. The zero-order valence-electron chi connectivity index (χ0n) is 15.2. The van der Waals surface area contributed by atoms with E-state index in [-0.39, 0.29) is 5.82 Å². The smallest absolute Gasteiger partial charge is 0.259 e. The summed E-state index contributed by atoms with van der Waals surface area (Å²) in [4.78, 5) is 13.1. The summed E-state index contributed by atoms with van der Waals surface area (Å²) in [6.45, 7) is 0. The van der Waals surface area contributed by atoms with Crippen LogP contribution < -0.4 is 0 Å². The van der Waals surface area contributed by atoms with Crippen molar-refractivity contribution in [2.75, 3.05) is 0 Å². The third-order valence-corrected chi connectivity index (χ3v) is 5.64. The second-order valence-corrected chi connectivity index (χ2v) is 7.60. The number of nitrogens with zero attached hydrogens (tertiary/aromatic N) is 6. The van der Waals surface area contributed by atoms with E-state index in [1.54, 1.807) is 29.1 Å². The zero-order valence-corrected chi connectivity index (χ0v) is 16.8. The Morgan fingerprint density at radius 2 is 1.90 bits per heavy atom. The summed E-state index contributed by atoms with van der Waals surface area (Å²) < 4.78 is 20.2. The molecule has 0 aliphatic carbocycles. The third-order valence-electron chi connectivity index (χ3n) is 4.31. The SMILES string of the molecule is Fc1ccc(-n2ncc3c(SCc4noc(-c5ccccc5Cl)n4)ncnc32)cc1. The Labute approximate surface area is 178 Å². The first-order valence-electron chi connectivity index (χ1n) is 8.84. The Hall–Kier alpha value is -3.30. The number of hydrogen-bond acceptors (Lipinski definition) is 7. The van der Waals surface area contributed by atoms with Gasteiger partial charge in [0.2, 0.25) is 0 Å². The van der Waals surface area contributed by atoms with Gasteiger partial charge >= 0.3 is 0 Å². The molecular formula is C20H12ClFN6OS. The second kappa shape index (κ2) is 7.85. The molecule has 2 aromatic carbocycles. The minimum Gasteiger partial charge on any atom is -0.334 e. The summed E-state index contributed by atoms with van der Waals surface area (Å²) in [7, 11) is 0. The predicted molar refractivity (Wildman–Crippen MR) is 111 cm³/mol. The van der Waals surface area contributed by atoms with E-state index in [0.717, 1.165) is 10.4 Å². The van der Waals surface area contributed by atoms with Crippen molar-refractivity contribution >= 4 is 34.4 Å². The van der Waals surface area contributed by atoms with Gasteiger partial charge in [0.15, 0.2) is 11.5 Å². The van der Waals surface area contributed by atoms with Crippen molar-refractivity contribution in [3.63, 3.8) is 0 Å². The number of thioether (sulfide) groups is 1. The van der Waals surface area contributed by atoms with E-state index < -0.39 is 0 Å². The maximum atomic E-state index is 13.2. The molecule has 0 aliphatic heterocycles. The second-order valence-electron chi connectivity index (χ2n) is 6.23. The molecular weight excluding hydrogens is 427 g/mol. The van der Waals surface area contributed by atoms with Crippen molar-refractivity contribution in [3.05, 3.63) is 77.7 Å². The van der Waals surface area contributed by atoms with Crippen LogP contribution in [0.2, 0.25) is 5.02 Å². The topological polar surface area (TPSA) is 82.5 Å². The van der Waals surface area contributed by atoms with Gasteiger partial charge in [-0.3, -0.25) is 0 Å². The standard InChI is InChI=1S/C20H12ClFN6OS/c21-16-4-2-1-3-14(16)19-26-17(27-29-19)10-30-20-15-9-25-28(18(15)23-11-24-20)13-7-5-12(22)6-8-13/h1-9,11H,10H2. The Morgan fingerprint density at radius 3 is 2.73 bits per heavy atom. The van der Waals surface area contributed by atoms with Gasteiger partial charge in [-0.15, -0.1) is 0 Å². The molecule has 5 aromatic rings. The van der Waals surface area contributed by atoms with Gasteiger partial charge in [0, 0.05) is 0 Å². The monoisotopic (exact) mass is 438 g/mol. The zero-order chi connectivity index (χ0) is 20.5. The quantitative estimate of drug-likeness (QED) is 0.283. The van der Waals surface area contributed by atoms with Crippen LogP contribution >= 0.6 is 23.4 Å². The first-order valence-corrected chi connectivity index (χ1v) is 10.2.